The van der Waals surface area contributed by atoms with Crippen LogP contribution in [-0.4, -0.2) is 19.9 Å². The van der Waals surface area contributed by atoms with Crippen LogP contribution in [0.25, 0.3) is 55.1 Å². The lowest BCUT2D eigenvalue weighted by molar-refractivity contribution is 0.595. The highest BCUT2D eigenvalue weighted by Gasteiger charge is 2.17. The maximum absolute atomic E-state index is 6.05. The van der Waals surface area contributed by atoms with Crippen LogP contribution in [0.2, 0.25) is 0 Å². The number of benzene rings is 1. The van der Waals surface area contributed by atoms with Gasteiger partial charge in [-0.3, -0.25) is 9.97 Å². The molecule has 0 spiro atoms. The molecule has 0 aliphatic carbocycles. The summed E-state index contributed by atoms with van der Waals surface area (Å²) >= 11 is 1.65. The number of hydrogen-bond acceptors (Lipinski definition) is 5. The van der Waals surface area contributed by atoms with Crippen LogP contribution in [-0.2, 0) is 0 Å². The van der Waals surface area contributed by atoms with Crippen molar-refractivity contribution in [2.24, 2.45) is 0 Å². The third-order valence-corrected chi connectivity index (χ3v) is 5.56. The second-order valence-electron chi connectivity index (χ2n) is 6.25. The van der Waals surface area contributed by atoms with Gasteiger partial charge < -0.3 is 9.40 Å². The number of aromatic nitrogens is 4. The summed E-state index contributed by atoms with van der Waals surface area (Å²) in [5, 5.41) is 4.02. The van der Waals surface area contributed by atoms with Crippen LogP contribution in [0.1, 0.15) is 0 Å². The van der Waals surface area contributed by atoms with E-state index in [-0.39, 0.29) is 0 Å². The van der Waals surface area contributed by atoms with Crippen LogP contribution in [0.15, 0.2) is 70.7 Å². The van der Waals surface area contributed by atoms with Crippen molar-refractivity contribution in [1.82, 2.24) is 19.9 Å². The lowest BCUT2D eigenvalue weighted by atomic mass is 10.1. The average Bonchev–Trinajstić information content (AvgIpc) is 3.47. The van der Waals surface area contributed by atoms with E-state index in [1.54, 1.807) is 23.7 Å². The number of aromatic amines is 1. The first-order valence-electron chi connectivity index (χ1n) is 8.54. The van der Waals surface area contributed by atoms with Gasteiger partial charge in [0.15, 0.2) is 11.6 Å². The normalized spacial score (nSPS) is 11.7. The molecule has 5 aromatic heterocycles. The molecule has 1 aromatic carbocycles. The highest BCUT2D eigenvalue weighted by molar-refractivity contribution is 7.13. The molecule has 6 aromatic rings. The Morgan fingerprint density at radius 2 is 1.56 bits per heavy atom. The topological polar surface area (TPSA) is 67.6 Å². The summed E-state index contributed by atoms with van der Waals surface area (Å²) in [7, 11) is 0. The molecule has 0 aliphatic rings. The Labute approximate surface area is 157 Å². The Morgan fingerprint density at radius 1 is 0.778 bits per heavy atom. The molecule has 27 heavy (non-hydrogen) atoms. The van der Waals surface area contributed by atoms with Gasteiger partial charge in [0.25, 0.3) is 0 Å². The SMILES string of the molecule is c1csc(-c2ccc(-c3nc4c5cccnc5c5ncccc5c4[nH]3)o2)c1. The molecule has 5 heterocycles. The highest BCUT2D eigenvalue weighted by Crippen LogP contribution is 2.35. The minimum Gasteiger partial charge on any atom is -0.452 e. The van der Waals surface area contributed by atoms with Gasteiger partial charge in [0.1, 0.15) is 5.76 Å². The number of fused-ring (bicyclic) bond motifs is 6. The zero-order chi connectivity index (χ0) is 17.8. The number of H-pyrrole nitrogens is 1. The molecule has 0 fully saturated rings. The van der Waals surface area contributed by atoms with E-state index in [9.17, 15) is 0 Å². The molecule has 128 valence electrons. The Kier molecular flexibility index (Phi) is 2.98. The van der Waals surface area contributed by atoms with Crippen molar-refractivity contribution in [2.45, 2.75) is 0 Å². The Bertz CT molecular complexity index is 1360. The summed E-state index contributed by atoms with van der Waals surface area (Å²) in [6, 6.07) is 15.9. The predicted molar refractivity (Wildman–Crippen MR) is 108 cm³/mol. The van der Waals surface area contributed by atoms with E-state index in [1.807, 2.05) is 53.9 Å². The predicted octanol–water partition coefficient (Wildman–Crippen LogP) is 5.65. The van der Waals surface area contributed by atoms with Gasteiger partial charge in [0.05, 0.1) is 26.9 Å². The average molecular weight is 368 g/mol. The van der Waals surface area contributed by atoms with Crippen LogP contribution in [0, 0.1) is 0 Å². The number of nitrogens with zero attached hydrogens (tertiary/aromatic N) is 3. The maximum atomic E-state index is 6.05. The number of pyridine rings is 2. The molecular weight excluding hydrogens is 356 g/mol. The van der Waals surface area contributed by atoms with Crippen LogP contribution in [0.5, 0.6) is 0 Å². The Balaban J connectivity index is 1.64. The van der Waals surface area contributed by atoms with E-state index < -0.39 is 0 Å². The molecule has 1 N–H and O–H groups in total. The first-order valence-corrected chi connectivity index (χ1v) is 9.42. The van der Waals surface area contributed by atoms with E-state index in [2.05, 4.69) is 15.0 Å². The molecule has 0 bridgehead atoms. The van der Waals surface area contributed by atoms with Crippen molar-refractivity contribution in [2.75, 3.05) is 0 Å². The third-order valence-electron chi connectivity index (χ3n) is 4.67. The van der Waals surface area contributed by atoms with E-state index in [4.69, 9.17) is 9.40 Å². The second-order valence-corrected chi connectivity index (χ2v) is 7.20. The lowest BCUT2D eigenvalue weighted by Crippen LogP contribution is -1.86. The van der Waals surface area contributed by atoms with Crippen molar-refractivity contribution in [3.8, 4) is 22.2 Å². The van der Waals surface area contributed by atoms with Crippen LogP contribution >= 0.6 is 11.3 Å². The zero-order valence-corrected chi connectivity index (χ0v) is 14.8. The van der Waals surface area contributed by atoms with Crippen molar-refractivity contribution in [3.63, 3.8) is 0 Å². The monoisotopic (exact) mass is 368 g/mol. The number of imidazole rings is 1. The molecule has 0 unspecified atom stereocenters. The highest BCUT2D eigenvalue weighted by atomic mass is 32.1. The summed E-state index contributed by atoms with van der Waals surface area (Å²) in [4.78, 5) is 18.5. The molecule has 0 saturated heterocycles. The number of thiophene rings is 1. The van der Waals surface area contributed by atoms with Gasteiger partial charge in [-0.15, -0.1) is 11.3 Å². The molecule has 6 heteroatoms. The number of hydrogen-bond donors (Lipinski definition) is 1. The van der Waals surface area contributed by atoms with Gasteiger partial charge in [-0.2, -0.15) is 0 Å². The van der Waals surface area contributed by atoms with Crippen molar-refractivity contribution in [1.29, 1.82) is 0 Å². The van der Waals surface area contributed by atoms with E-state index in [0.29, 0.717) is 11.6 Å². The molecular formula is C21H12N4OS. The van der Waals surface area contributed by atoms with E-state index in [0.717, 1.165) is 43.5 Å². The quantitative estimate of drug-likeness (QED) is 0.401. The van der Waals surface area contributed by atoms with Gasteiger partial charge in [0, 0.05) is 23.2 Å². The summed E-state index contributed by atoms with van der Waals surface area (Å²) in [5.74, 6) is 2.26. The summed E-state index contributed by atoms with van der Waals surface area (Å²) in [5.41, 5.74) is 3.55. The molecule has 0 radical (unpaired) electrons. The number of rotatable bonds is 2. The molecule has 0 amide bonds. The largest absolute Gasteiger partial charge is 0.452 e. The summed E-state index contributed by atoms with van der Waals surface area (Å²) in [6.07, 6.45) is 3.58. The summed E-state index contributed by atoms with van der Waals surface area (Å²) < 4.78 is 6.05. The van der Waals surface area contributed by atoms with Crippen LogP contribution in [0.3, 0.4) is 0 Å². The second kappa shape index (κ2) is 5.49. The zero-order valence-electron chi connectivity index (χ0n) is 14.0. The minimum absolute atomic E-state index is 0.703. The number of nitrogens with one attached hydrogen (secondary N) is 1. The molecule has 0 saturated carbocycles. The van der Waals surface area contributed by atoms with Crippen molar-refractivity contribution in [3.05, 3.63) is 66.3 Å². The third kappa shape index (κ3) is 2.14. The minimum atomic E-state index is 0.703. The van der Waals surface area contributed by atoms with E-state index in [1.165, 1.54) is 0 Å². The van der Waals surface area contributed by atoms with Gasteiger partial charge in [0.2, 0.25) is 0 Å². The van der Waals surface area contributed by atoms with Crippen molar-refractivity contribution >= 4 is 44.2 Å². The Hall–Kier alpha value is -3.51. The van der Waals surface area contributed by atoms with Gasteiger partial charge in [-0.1, -0.05) is 6.07 Å². The van der Waals surface area contributed by atoms with Crippen LogP contribution < -0.4 is 0 Å². The lowest BCUT2D eigenvalue weighted by Gasteiger charge is -2.03. The van der Waals surface area contributed by atoms with Crippen LogP contribution in [0.4, 0.5) is 0 Å². The number of furan rings is 1. The molecule has 5 nitrogen and oxygen atoms in total. The fraction of sp³-hybridized carbons (Fsp3) is 0. The maximum Gasteiger partial charge on any atom is 0.174 e. The van der Waals surface area contributed by atoms with Gasteiger partial charge >= 0.3 is 0 Å². The first-order chi connectivity index (χ1) is 13.4. The smallest absolute Gasteiger partial charge is 0.174 e. The van der Waals surface area contributed by atoms with E-state index >= 15 is 0 Å². The van der Waals surface area contributed by atoms with Gasteiger partial charge in [-0.05, 0) is 47.8 Å². The summed E-state index contributed by atoms with van der Waals surface area (Å²) in [6.45, 7) is 0. The fourth-order valence-electron chi connectivity index (χ4n) is 3.48. The van der Waals surface area contributed by atoms with Gasteiger partial charge in [-0.25, -0.2) is 4.98 Å². The Morgan fingerprint density at radius 3 is 2.37 bits per heavy atom. The molecule has 0 aliphatic heterocycles. The van der Waals surface area contributed by atoms with Crippen molar-refractivity contribution < 1.29 is 4.42 Å². The standard InChI is InChI=1S/C21H12N4OS/c1-4-12-17(22-9-1)18-13(5-2-10-23-18)20-19(12)24-21(25-20)15-8-7-14(26-15)16-6-3-11-27-16/h1-11H,(H,24,25). The first kappa shape index (κ1) is 14.6. The molecule has 0 atom stereocenters. The molecule has 6 rings (SSSR count). The fourth-order valence-corrected chi connectivity index (χ4v) is 4.16.